The zero-order chi connectivity index (χ0) is 14.9. The van der Waals surface area contributed by atoms with Crippen LogP contribution in [0.15, 0.2) is 15.6 Å². The summed E-state index contributed by atoms with van der Waals surface area (Å²) in [5.74, 6) is 1.12. The van der Waals surface area contributed by atoms with E-state index in [1.165, 1.54) is 6.33 Å². The normalized spacial score (nSPS) is 12.0. The van der Waals surface area contributed by atoms with Gasteiger partial charge in [0.25, 0.3) is 0 Å². The molecule has 2 rings (SSSR count). The Morgan fingerprint density at radius 3 is 2.65 bits per heavy atom. The van der Waals surface area contributed by atoms with E-state index in [-0.39, 0.29) is 22.8 Å². The zero-order valence-corrected chi connectivity index (χ0v) is 12.2. The highest BCUT2D eigenvalue weighted by molar-refractivity contribution is 7.89. The van der Waals surface area contributed by atoms with Crippen LogP contribution in [0.4, 0.5) is 0 Å². The van der Waals surface area contributed by atoms with Crippen molar-refractivity contribution in [2.24, 2.45) is 7.05 Å². The molecule has 0 aromatic carbocycles. The Labute approximate surface area is 116 Å². The monoisotopic (exact) mass is 300 g/mol. The second kappa shape index (κ2) is 5.35. The van der Waals surface area contributed by atoms with E-state index >= 15 is 0 Å². The molecule has 0 spiro atoms. The summed E-state index contributed by atoms with van der Waals surface area (Å²) in [4.78, 5) is -0.0142. The lowest BCUT2D eigenvalue weighted by Gasteiger charge is -2.07. The summed E-state index contributed by atoms with van der Waals surface area (Å²) in [6.07, 6.45) is 1.48. The Morgan fingerprint density at radius 2 is 2.10 bits per heavy atom. The highest BCUT2D eigenvalue weighted by atomic mass is 32.2. The van der Waals surface area contributed by atoms with Crippen molar-refractivity contribution in [3.8, 4) is 0 Å². The summed E-state index contributed by atoms with van der Waals surface area (Å²) >= 11 is 0. The Kier molecular flexibility index (Phi) is 3.93. The maximum atomic E-state index is 12.3. The van der Waals surface area contributed by atoms with E-state index in [9.17, 15) is 13.5 Å². The zero-order valence-electron chi connectivity index (χ0n) is 11.4. The molecule has 2 N–H and O–H groups in total. The van der Waals surface area contributed by atoms with Crippen LogP contribution in [0.2, 0.25) is 0 Å². The minimum Gasteiger partial charge on any atom is -0.465 e. The third-order valence-electron chi connectivity index (χ3n) is 2.98. The molecule has 8 nitrogen and oxygen atoms in total. The lowest BCUT2D eigenvalue weighted by molar-refractivity contribution is 0.276. The minimum atomic E-state index is -3.79. The fraction of sp³-hybridized carbons (Fsp3) is 0.455. The second-order valence-corrected chi connectivity index (χ2v) is 6.07. The molecule has 2 aromatic rings. The number of aromatic nitrogens is 3. The van der Waals surface area contributed by atoms with Crippen LogP contribution in [0.3, 0.4) is 0 Å². The van der Waals surface area contributed by atoms with Gasteiger partial charge in [0.15, 0.2) is 0 Å². The van der Waals surface area contributed by atoms with Crippen molar-refractivity contribution in [1.82, 2.24) is 19.5 Å². The standard InChI is InChI=1S/C11H16N4O4S/c1-7-9(5-16)11(8(2)19-7)20(17,18)13-4-10-14-12-6-15(10)3/h6,13,16H,4-5H2,1-3H3. The number of aliphatic hydroxyl groups is 1. The van der Waals surface area contributed by atoms with Gasteiger partial charge in [0.2, 0.25) is 10.0 Å². The number of furan rings is 1. The fourth-order valence-electron chi connectivity index (χ4n) is 1.94. The molecule has 2 aromatic heterocycles. The molecule has 0 bridgehead atoms. The summed E-state index contributed by atoms with van der Waals surface area (Å²) < 4.78 is 33.9. The number of nitrogens with zero attached hydrogens (tertiary/aromatic N) is 3. The molecule has 0 fully saturated rings. The molecule has 0 atom stereocenters. The van der Waals surface area contributed by atoms with E-state index in [1.807, 2.05) is 0 Å². The van der Waals surface area contributed by atoms with Crippen LogP contribution >= 0.6 is 0 Å². The molecule has 0 aliphatic rings. The van der Waals surface area contributed by atoms with Gasteiger partial charge in [-0.25, -0.2) is 13.1 Å². The first-order chi connectivity index (χ1) is 9.36. The molecular formula is C11H16N4O4S. The Morgan fingerprint density at radius 1 is 1.40 bits per heavy atom. The molecular weight excluding hydrogens is 284 g/mol. The van der Waals surface area contributed by atoms with Crippen LogP contribution in [0.25, 0.3) is 0 Å². The van der Waals surface area contributed by atoms with Gasteiger partial charge in [0, 0.05) is 12.6 Å². The topological polar surface area (TPSA) is 110 Å². The summed E-state index contributed by atoms with van der Waals surface area (Å²) in [5.41, 5.74) is 0.271. The van der Waals surface area contributed by atoms with Gasteiger partial charge in [-0.05, 0) is 13.8 Å². The minimum absolute atomic E-state index is 0.00731. The van der Waals surface area contributed by atoms with Crippen molar-refractivity contribution in [1.29, 1.82) is 0 Å². The number of rotatable bonds is 5. The smallest absolute Gasteiger partial charge is 0.244 e. The van der Waals surface area contributed by atoms with Crippen molar-refractivity contribution in [3.05, 3.63) is 29.2 Å². The molecule has 0 saturated carbocycles. The number of aliphatic hydroxyl groups excluding tert-OH is 1. The average molecular weight is 300 g/mol. The Hall–Kier alpha value is -1.71. The molecule has 0 unspecified atom stereocenters. The fourth-order valence-corrected chi connectivity index (χ4v) is 3.36. The highest BCUT2D eigenvalue weighted by Crippen LogP contribution is 2.26. The van der Waals surface area contributed by atoms with Gasteiger partial charge in [0.1, 0.15) is 28.6 Å². The molecule has 2 heterocycles. The molecule has 9 heteroatoms. The molecule has 0 aliphatic carbocycles. The molecule has 0 saturated heterocycles. The number of hydrogen-bond acceptors (Lipinski definition) is 6. The van der Waals surface area contributed by atoms with Crippen molar-refractivity contribution in [2.75, 3.05) is 0 Å². The van der Waals surface area contributed by atoms with Gasteiger partial charge in [0.05, 0.1) is 13.2 Å². The van der Waals surface area contributed by atoms with Crippen molar-refractivity contribution >= 4 is 10.0 Å². The lowest BCUT2D eigenvalue weighted by Crippen LogP contribution is -2.26. The SMILES string of the molecule is Cc1oc(C)c(S(=O)(=O)NCc2nncn2C)c1CO. The van der Waals surface area contributed by atoms with Crippen LogP contribution < -0.4 is 4.72 Å². The molecule has 0 radical (unpaired) electrons. The maximum Gasteiger partial charge on any atom is 0.244 e. The van der Waals surface area contributed by atoms with Gasteiger partial charge < -0.3 is 14.1 Å². The average Bonchev–Trinajstić information content (AvgIpc) is 2.90. The van der Waals surface area contributed by atoms with Crippen molar-refractivity contribution in [2.45, 2.75) is 31.9 Å². The van der Waals surface area contributed by atoms with Crippen LogP contribution in [0.5, 0.6) is 0 Å². The number of sulfonamides is 1. The number of hydrogen-bond donors (Lipinski definition) is 2. The highest BCUT2D eigenvalue weighted by Gasteiger charge is 2.26. The van der Waals surface area contributed by atoms with E-state index in [0.29, 0.717) is 11.6 Å². The molecule has 0 aliphatic heterocycles. The summed E-state index contributed by atoms with van der Waals surface area (Å²) in [7, 11) is -2.07. The van der Waals surface area contributed by atoms with Crippen LogP contribution in [-0.4, -0.2) is 28.3 Å². The quantitative estimate of drug-likeness (QED) is 0.804. The first-order valence-corrected chi connectivity index (χ1v) is 7.37. The van der Waals surface area contributed by atoms with Gasteiger partial charge in [-0.3, -0.25) is 0 Å². The van der Waals surface area contributed by atoms with Crippen LogP contribution in [0.1, 0.15) is 22.9 Å². The largest absolute Gasteiger partial charge is 0.465 e. The molecule has 110 valence electrons. The van der Waals surface area contributed by atoms with Crippen LogP contribution in [-0.2, 0) is 30.2 Å². The Bertz CT molecular complexity index is 717. The van der Waals surface area contributed by atoms with E-state index in [0.717, 1.165) is 0 Å². The predicted octanol–water partition coefficient (Wildman–Crippen LogP) is -0.00426. The van der Waals surface area contributed by atoms with Gasteiger partial charge >= 0.3 is 0 Å². The maximum absolute atomic E-state index is 12.3. The summed E-state index contributed by atoms with van der Waals surface area (Å²) in [6, 6.07) is 0. The first kappa shape index (κ1) is 14.7. The van der Waals surface area contributed by atoms with Gasteiger partial charge in [-0.15, -0.1) is 10.2 Å². The third-order valence-corrected chi connectivity index (χ3v) is 4.57. The summed E-state index contributed by atoms with van der Waals surface area (Å²) in [5, 5.41) is 16.8. The van der Waals surface area contributed by atoms with Gasteiger partial charge in [-0.1, -0.05) is 0 Å². The second-order valence-electron chi connectivity index (χ2n) is 4.36. The van der Waals surface area contributed by atoms with Crippen molar-refractivity contribution < 1.29 is 17.9 Å². The van der Waals surface area contributed by atoms with E-state index in [4.69, 9.17) is 4.42 Å². The lowest BCUT2D eigenvalue weighted by atomic mass is 10.2. The predicted molar refractivity (Wildman–Crippen MR) is 69.1 cm³/mol. The van der Waals surface area contributed by atoms with Crippen LogP contribution in [0, 0.1) is 13.8 Å². The third kappa shape index (κ3) is 2.60. The Balaban J connectivity index is 2.29. The summed E-state index contributed by atoms with van der Waals surface area (Å²) in [6.45, 7) is 2.76. The van der Waals surface area contributed by atoms with Crippen molar-refractivity contribution in [3.63, 3.8) is 0 Å². The van der Waals surface area contributed by atoms with E-state index < -0.39 is 16.6 Å². The van der Waals surface area contributed by atoms with Gasteiger partial charge in [-0.2, -0.15) is 0 Å². The molecule has 0 amide bonds. The molecule has 20 heavy (non-hydrogen) atoms. The first-order valence-electron chi connectivity index (χ1n) is 5.89. The van der Waals surface area contributed by atoms with E-state index in [1.54, 1.807) is 25.5 Å². The number of aryl methyl sites for hydroxylation is 3. The van der Waals surface area contributed by atoms with E-state index in [2.05, 4.69) is 14.9 Å². The number of nitrogens with one attached hydrogen (secondary N) is 1.